The number of benzene rings is 1. The molecule has 1 aromatic heterocycles. The number of anilines is 1. The molecule has 19 heavy (non-hydrogen) atoms. The maximum atomic E-state index is 5.66. The van der Waals surface area contributed by atoms with Gasteiger partial charge in [0, 0.05) is 18.0 Å². The molecule has 0 amide bonds. The molecule has 0 atom stereocenters. The van der Waals surface area contributed by atoms with Gasteiger partial charge in [-0.1, -0.05) is 18.2 Å². The lowest BCUT2D eigenvalue weighted by atomic mass is 10.1. The summed E-state index contributed by atoms with van der Waals surface area (Å²) in [4.78, 5) is 7.33. The maximum absolute atomic E-state index is 5.66. The van der Waals surface area contributed by atoms with E-state index >= 15 is 0 Å². The van der Waals surface area contributed by atoms with Gasteiger partial charge in [-0.15, -0.1) is 0 Å². The highest BCUT2D eigenvalue weighted by atomic mass is 15.2. The van der Waals surface area contributed by atoms with Gasteiger partial charge in [-0.05, 0) is 50.4 Å². The Morgan fingerprint density at radius 2 is 2.11 bits per heavy atom. The van der Waals surface area contributed by atoms with Crippen LogP contribution in [0.1, 0.15) is 24.8 Å². The van der Waals surface area contributed by atoms with Crippen LogP contribution in [0.2, 0.25) is 0 Å². The van der Waals surface area contributed by atoms with E-state index in [2.05, 4.69) is 42.2 Å². The number of aryl methyl sites for hydroxylation is 1. The molecular weight excluding hydrogens is 234 g/mol. The normalized spacial score (nSPS) is 14.8. The molecule has 0 spiro atoms. The summed E-state index contributed by atoms with van der Waals surface area (Å²) in [7, 11) is 0. The molecule has 1 saturated carbocycles. The third-order valence-corrected chi connectivity index (χ3v) is 3.75. The van der Waals surface area contributed by atoms with Gasteiger partial charge in [0.2, 0.25) is 0 Å². The van der Waals surface area contributed by atoms with Gasteiger partial charge in [0.15, 0.2) is 0 Å². The smallest absolute Gasteiger partial charge is 0.132 e. The number of rotatable bonds is 5. The molecule has 3 nitrogen and oxygen atoms in total. The highest BCUT2D eigenvalue weighted by Gasteiger charge is 2.30. The monoisotopic (exact) mass is 255 g/mol. The van der Waals surface area contributed by atoms with Crippen LogP contribution in [0.15, 0.2) is 30.3 Å². The van der Waals surface area contributed by atoms with E-state index in [0.717, 1.165) is 30.8 Å². The Morgan fingerprint density at radius 1 is 1.32 bits per heavy atom. The Bertz CT molecular complexity index is 575. The summed E-state index contributed by atoms with van der Waals surface area (Å²) >= 11 is 0. The minimum absolute atomic E-state index is 0.680. The summed E-state index contributed by atoms with van der Waals surface area (Å²) in [6.45, 7) is 3.93. The zero-order valence-corrected chi connectivity index (χ0v) is 11.5. The number of pyridine rings is 1. The molecule has 0 unspecified atom stereocenters. The Hall–Kier alpha value is -1.61. The highest BCUT2D eigenvalue weighted by Crippen LogP contribution is 2.33. The summed E-state index contributed by atoms with van der Waals surface area (Å²) in [5.74, 6) is 1.15. The van der Waals surface area contributed by atoms with Crippen molar-refractivity contribution in [3.05, 3.63) is 35.9 Å². The van der Waals surface area contributed by atoms with Crippen molar-refractivity contribution in [2.75, 3.05) is 18.0 Å². The minimum atomic E-state index is 0.680. The summed E-state index contributed by atoms with van der Waals surface area (Å²) in [5, 5.41) is 1.22. The molecular formula is C16H21N3. The predicted octanol–water partition coefficient (Wildman–Crippen LogP) is 2.86. The second-order valence-corrected chi connectivity index (χ2v) is 5.39. The van der Waals surface area contributed by atoms with Gasteiger partial charge in [0.05, 0.1) is 5.52 Å². The van der Waals surface area contributed by atoms with E-state index in [1.165, 1.54) is 23.8 Å². The van der Waals surface area contributed by atoms with Crippen LogP contribution >= 0.6 is 0 Å². The van der Waals surface area contributed by atoms with Crippen LogP contribution in [0.3, 0.4) is 0 Å². The van der Waals surface area contributed by atoms with E-state index in [4.69, 9.17) is 10.7 Å². The Labute approximate surface area is 114 Å². The van der Waals surface area contributed by atoms with Crippen LogP contribution in [0.4, 0.5) is 5.82 Å². The van der Waals surface area contributed by atoms with Crippen LogP contribution < -0.4 is 10.6 Å². The molecule has 0 bridgehead atoms. The molecule has 0 radical (unpaired) electrons. The van der Waals surface area contributed by atoms with Crippen molar-refractivity contribution in [3.63, 3.8) is 0 Å². The molecule has 2 aromatic rings. The number of nitrogens with zero attached hydrogens (tertiary/aromatic N) is 2. The van der Waals surface area contributed by atoms with E-state index < -0.39 is 0 Å². The fourth-order valence-corrected chi connectivity index (χ4v) is 2.61. The van der Waals surface area contributed by atoms with E-state index in [-0.39, 0.29) is 0 Å². The van der Waals surface area contributed by atoms with Crippen LogP contribution in [0.25, 0.3) is 10.9 Å². The molecule has 1 aliphatic carbocycles. The number of nitrogens with two attached hydrogens (primary N) is 1. The van der Waals surface area contributed by atoms with Crippen molar-refractivity contribution in [3.8, 4) is 0 Å². The summed E-state index contributed by atoms with van der Waals surface area (Å²) in [6, 6.07) is 11.3. The first-order chi connectivity index (χ1) is 9.29. The van der Waals surface area contributed by atoms with E-state index in [1.54, 1.807) is 0 Å². The molecule has 0 saturated heterocycles. The quantitative estimate of drug-likeness (QED) is 0.893. The summed E-state index contributed by atoms with van der Waals surface area (Å²) < 4.78 is 0. The van der Waals surface area contributed by atoms with Crippen molar-refractivity contribution in [2.24, 2.45) is 5.73 Å². The topological polar surface area (TPSA) is 42.2 Å². The van der Waals surface area contributed by atoms with Gasteiger partial charge in [0.1, 0.15) is 5.82 Å². The van der Waals surface area contributed by atoms with E-state index in [9.17, 15) is 0 Å². The molecule has 3 rings (SSSR count). The molecule has 0 aliphatic heterocycles. The Balaban J connectivity index is 1.99. The zero-order valence-electron chi connectivity index (χ0n) is 11.5. The van der Waals surface area contributed by atoms with Crippen LogP contribution in [0.5, 0.6) is 0 Å². The molecule has 3 heteroatoms. The summed E-state index contributed by atoms with van der Waals surface area (Å²) in [5.41, 5.74) is 8.01. The van der Waals surface area contributed by atoms with Crippen LogP contribution in [0, 0.1) is 6.92 Å². The van der Waals surface area contributed by atoms with Gasteiger partial charge in [-0.3, -0.25) is 0 Å². The molecule has 1 heterocycles. The number of hydrogen-bond donors (Lipinski definition) is 1. The fraction of sp³-hybridized carbons (Fsp3) is 0.438. The first-order valence-electron chi connectivity index (χ1n) is 7.12. The second-order valence-electron chi connectivity index (χ2n) is 5.39. The average molecular weight is 255 g/mol. The largest absolute Gasteiger partial charge is 0.353 e. The molecule has 1 fully saturated rings. The number of fused-ring (bicyclic) bond motifs is 1. The van der Waals surface area contributed by atoms with Crippen LogP contribution in [-0.4, -0.2) is 24.1 Å². The molecule has 1 aliphatic rings. The standard InChI is InChI=1S/C16H21N3/c1-12-11-13-5-2-3-6-15(13)18-16(12)19(10-4-9-17)14-7-8-14/h2-3,5-6,11,14H,4,7-10,17H2,1H3. The lowest BCUT2D eigenvalue weighted by molar-refractivity contribution is 0.722. The second kappa shape index (κ2) is 5.17. The predicted molar refractivity (Wildman–Crippen MR) is 80.5 cm³/mol. The zero-order chi connectivity index (χ0) is 13.2. The van der Waals surface area contributed by atoms with Crippen molar-refractivity contribution in [1.82, 2.24) is 4.98 Å². The van der Waals surface area contributed by atoms with Crippen molar-refractivity contribution >= 4 is 16.7 Å². The highest BCUT2D eigenvalue weighted by molar-refractivity contribution is 5.81. The third kappa shape index (κ3) is 2.56. The lowest BCUT2D eigenvalue weighted by Crippen LogP contribution is -2.29. The van der Waals surface area contributed by atoms with E-state index in [0.29, 0.717) is 6.04 Å². The average Bonchev–Trinajstić information content (AvgIpc) is 3.24. The Morgan fingerprint density at radius 3 is 2.84 bits per heavy atom. The SMILES string of the molecule is Cc1cc2ccccc2nc1N(CCCN)C1CC1. The Kier molecular flexibility index (Phi) is 3.38. The van der Waals surface area contributed by atoms with E-state index in [1.807, 2.05) is 0 Å². The summed E-state index contributed by atoms with van der Waals surface area (Å²) in [6.07, 6.45) is 3.61. The molecule has 100 valence electrons. The van der Waals surface area contributed by atoms with Gasteiger partial charge >= 0.3 is 0 Å². The number of para-hydroxylation sites is 1. The van der Waals surface area contributed by atoms with Gasteiger partial charge in [-0.2, -0.15) is 0 Å². The first-order valence-corrected chi connectivity index (χ1v) is 7.12. The third-order valence-electron chi connectivity index (χ3n) is 3.75. The lowest BCUT2D eigenvalue weighted by Gasteiger charge is -2.25. The van der Waals surface area contributed by atoms with Crippen LogP contribution in [-0.2, 0) is 0 Å². The first kappa shape index (κ1) is 12.4. The van der Waals surface area contributed by atoms with Crippen molar-refractivity contribution in [1.29, 1.82) is 0 Å². The van der Waals surface area contributed by atoms with Crippen molar-refractivity contribution in [2.45, 2.75) is 32.2 Å². The minimum Gasteiger partial charge on any atom is -0.353 e. The van der Waals surface area contributed by atoms with Gasteiger partial charge < -0.3 is 10.6 Å². The van der Waals surface area contributed by atoms with Gasteiger partial charge in [-0.25, -0.2) is 4.98 Å². The fourth-order valence-electron chi connectivity index (χ4n) is 2.61. The number of hydrogen-bond acceptors (Lipinski definition) is 3. The molecule has 1 aromatic carbocycles. The number of aromatic nitrogens is 1. The molecule has 2 N–H and O–H groups in total. The van der Waals surface area contributed by atoms with Crippen molar-refractivity contribution < 1.29 is 0 Å². The van der Waals surface area contributed by atoms with Gasteiger partial charge in [0.25, 0.3) is 0 Å². The maximum Gasteiger partial charge on any atom is 0.132 e.